The number of benzene rings is 1. The number of fused-ring (bicyclic) bond motifs is 2. The Kier molecular flexibility index (Phi) is 5.41. The maximum atomic E-state index is 13.0. The molecule has 4 rings (SSSR count). The van der Waals surface area contributed by atoms with E-state index in [9.17, 15) is 14.4 Å². The van der Waals surface area contributed by atoms with Gasteiger partial charge in [0.2, 0.25) is 5.91 Å². The number of amides is 2. The van der Waals surface area contributed by atoms with Crippen LogP contribution in [-0.4, -0.2) is 48.9 Å². The molecule has 0 radical (unpaired) electrons. The number of hydrogen-bond acceptors (Lipinski definition) is 6. The second-order valence-corrected chi connectivity index (χ2v) is 8.79. The molecule has 0 spiro atoms. The number of aromatic nitrogens is 3. The summed E-state index contributed by atoms with van der Waals surface area (Å²) in [6.07, 6.45) is 5.33. The molecule has 0 fully saturated rings. The Labute approximate surface area is 185 Å². The lowest BCUT2D eigenvalue weighted by atomic mass is 10.0. The third-order valence-corrected chi connectivity index (χ3v) is 5.27. The molecule has 2 N–H and O–H groups in total. The molecule has 3 heterocycles. The van der Waals surface area contributed by atoms with Crippen molar-refractivity contribution < 1.29 is 19.1 Å². The Bertz CT molecular complexity index is 1210. The van der Waals surface area contributed by atoms with Crippen molar-refractivity contribution in [2.45, 2.75) is 51.8 Å². The summed E-state index contributed by atoms with van der Waals surface area (Å²) in [6.45, 7) is 5.55. The van der Waals surface area contributed by atoms with Gasteiger partial charge in [-0.2, -0.15) is 5.10 Å². The molecule has 2 amide bonds. The van der Waals surface area contributed by atoms with Gasteiger partial charge in [-0.25, -0.2) is 9.50 Å². The molecule has 3 aromatic rings. The average molecular weight is 435 g/mol. The number of hydrogen-bond donors (Lipinski definition) is 1. The van der Waals surface area contributed by atoms with Crippen molar-refractivity contribution in [3.63, 3.8) is 0 Å². The summed E-state index contributed by atoms with van der Waals surface area (Å²) in [5, 5.41) is 4.31. The Morgan fingerprint density at radius 1 is 1.25 bits per heavy atom. The van der Waals surface area contributed by atoms with Gasteiger partial charge in [-0.3, -0.25) is 14.4 Å². The zero-order valence-electron chi connectivity index (χ0n) is 18.2. The molecule has 1 aromatic carbocycles. The van der Waals surface area contributed by atoms with Gasteiger partial charge in [-0.1, -0.05) is 6.07 Å². The van der Waals surface area contributed by atoms with Crippen molar-refractivity contribution in [1.29, 1.82) is 0 Å². The van der Waals surface area contributed by atoms with Crippen molar-refractivity contribution in [1.82, 2.24) is 19.5 Å². The van der Waals surface area contributed by atoms with Crippen molar-refractivity contribution >= 4 is 23.4 Å². The smallest absolute Gasteiger partial charge is 0.306 e. The molecular formula is C23H25N5O4. The van der Waals surface area contributed by atoms with Crippen LogP contribution in [0.25, 0.3) is 16.8 Å². The van der Waals surface area contributed by atoms with E-state index in [1.165, 1.54) is 4.90 Å². The second-order valence-electron chi connectivity index (χ2n) is 8.79. The van der Waals surface area contributed by atoms with Crippen LogP contribution in [0.5, 0.6) is 0 Å². The highest BCUT2D eigenvalue weighted by Crippen LogP contribution is 2.31. The number of carbonyl (C=O) groups excluding carboxylic acids is 3. The second kappa shape index (κ2) is 8.07. The summed E-state index contributed by atoms with van der Waals surface area (Å²) in [5.74, 6) is -1.37. The fourth-order valence-corrected chi connectivity index (χ4v) is 3.89. The molecule has 0 bridgehead atoms. The standard InChI is InChI=1S/C23H25N5O4/c1-23(2,3)32-19(29)8-7-18(20(24)30)27-13-15-11-14(5-6-16(15)22(27)31)17-12-26-28-10-4-9-25-21(17)28/h4-6,9-12,18H,7-8,13H2,1-3H3,(H2,24,30). The van der Waals surface area contributed by atoms with Crippen LogP contribution in [0.1, 0.15) is 49.5 Å². The number of carbonyl (C=O) groups is 3. The summed E-state index contributed by atoms with van der Waals surface area (Å²) in [4.78, 5) is 43.0. The third-order valence-electron chi connectivity index (χ3n) is 5.27. The fourth-order valence-electron chi connectivity index (χ4n) is 3.89. The normalized spacial score (nSPS) is 14.5. The summed E-state index contributed by atoms with van der Waals surface area (Å²) in [7, 11) is 0. The SMILES string of the molecule is CC(C)(C)OC(=O)CCC(C(N)=O)N1Cc2cc(-c3cnn4cccnc34)ccc2C1=O. The molecular weight excluding hydrogens is 410 g/mol. The van der Waals surface area contributed by atoms with E-state index in [2.05, 4.69) is 10.1 Å². The zero-order valence-corrected chi connectivity index (χ0v) is 18.2. The van der Waals surface area contributed by atoms with E-state index in [-0.39, 0.29) is 25.3 Å². The number of esters is 1. The van der Waals surface area contributed by atoms with E-state index in [0.717, 1.165) is 16.7 Å². The van der Waals surface area contributed by atoms with Gasteiger partial charge in [0.05, 0.1) is 6.20 Å². The first-order chi connectivity index (χ1) is 15.1. The van der Waals surface area contributed by atoms with Crippen LogP contribution >= 0.6 is 0 Å². The Morgan fingerprint density at radius 2 is 2.03 bits per heavy atom. The van der Waals surface area contributed by atoms with E-state index in [1.807, 2.05) is 18.3 Å². The van der Waals surface area contributed by atoms with Crippen LogP contribution in [0.15, 0.2) is 42.9 Å². The van der Waals surface area contributed by atoms with Gasteiger partial charge in [0.15, 0.2) is 5.65 Å². The van der Waals surface area contributed by atoms with Crippen LogP contribution in [0.4, 0.5) is 0 Å². The monoisotopic (exact) mass is 435 g/mol. The number of ether oxygens (including phenoxy) is 1. The van der Waals surface area contributed by atoms with Gasteiger partial charge >= 0.3 is 5.97 Å². The molecule has 1 aliphatic heterocycles. The summed E-state index contributed by atoms with van der Waals surface area (Å²) in [5.41, 5.74) is 8.69. The molecule has 2 aromatic heterocycles. The highest BCUT2D eigenvalue weighted by atomic mass is 16.6. The van der Waals surface area contributed by atoms with Gasteiger partial charge < -0.3 is 15.4 Å². The van der Waals surface area contributed by atoms with Crippen molar-refractivity contribution in [3.8, 4) is 11.1 Å². The first-order valence-electron chi connectivity index (χ1n) is 10.4. The van der Waals surface area contributed by atoms with Crippen LogP contribution in [0, 0.1) is 0 Å². The van der Waals surface area contributed by atoms with Gasteiger partial charge in [0, 0.05) is 36.5 Å². The highest BCUT2D eigenvalue weighted by Gasteiger charge is 2.36. The minimum Gasteiger partial charge on any atom is -0.460 e. The molecule has 1 aliphatic rings. The topological polar surface area (TPSA) is 120 Å². The number of nitrogens with zero attached hydrogens (tertiary/aromatic N) is 4. The zero-order chi connectivity index (χ0) is 23.0. The van der Waals surface area contributed by atoms with E-state index in [1.54, 1.807) is 49.8 Å². The Balaban J connectivity index is 1.55. The number of rotatable bonds is 6. The lowest BCUT2D eigenvalue weighted by molar-refractivity contribution is -0.155. The Morgan fingerprint density at radius 3 is 2.75 bits per heavy atom. The average Bonchev–Trinajstić information content (AvgIpc) is 3.28. The van der Waals surface area contributed by atoms with Crippen LogP contribution in [0.3, 0.4) is 0 Å². The first kappa shape index (κ1) is 21.5. The minimum atomic E-state index is -0.899. The quantitative estimate of drug-likeness (QED) is 0.594. The van der Waals surface area contributed by atoms with Crippen LogP contribution in [0.2, 0.25) is 0 Å². The highest BCUT2D eigenvalue weighted by molar-refractivity contribution is 6.01. The molecule has 9 heteroatoms. The van der Waals surface area contributed by atoms with Gasteiger partial charge in [0.25, 0.3) is 5.91 Å². The molecule has 32 heavy (non-hydrogen) atoms. The predicted octanol–water partition coefficient (Wildman–Crippen LogP) is 2.33. The molecule has 1 atom stereocenters. The molecule has 166 valence electrons. The summed E-state index contributed by atoms with van der Waals surface area (Å²) in [6, 6.07) is 6.39. The molecule has 0 saturated heterocycles. The lowest BCUT2D eigenvalue weighted by Gasteiger charge is -2.25. The minimum absolute atomic E-state index is 0.00960. The van der Waals surface area contributed by atoms with Crippen LogP contribution < -0.4 is 5.73 Å². The van der Waals surface area contributed by atoms with Gasteiger partial charge in [0.1, 0.15) is 11.6 Å². The molecule has 0 saturated carbocycles. The molecule has 9 nitrogen and oxygen atoms in total. The number of nitrogens with two attached hydrogens (primary N) is 1. The first-order valence-corrected chi connectivity index (χ1v) is 10.4. The van der Waals surface area contributed by atoms with Crippen molar-refractivity contribution in [2.24, 2.45) is 5.73 Å². The van der Waals surface area contributed by atoms with Gasteiger partial charge in [-0.15, -0.1) is 0 Å². The largest absolute Gasteiger partial charge is 0.460 e. The van der Waals surface area contributed by atoms with E-state index >= 15 is 0 Å². The molecule has 0 aliphatic carbocycles. The van der Waals surface area contributed by atoms with E-state index in [4.69, 9.17) is 10.5 Å². The maximum absolute atomic E-state index is 13.0. The lowest BCUT2D eigenvalue weighted by Crippen LogP contribution is -2.45. The van der Waals surface area contributed by atoms with Crippen molar-refractivity contribution in [3.05, 3.63) is 54.0 Å². The maximum Gasteiger partial charge on any atom is 0.306 e. The molecule has 1 unspecified atom stereocenters. The summed E-state index contributed by atoms with van der Waals surface area (Å²) < 4.78 is 6.98. The fraction of sp³-hybridized carbons (Fsp3) is 0.348. The summed E-state index contributed by atoms with van der Waals surface area (Å²) >= 11 is 0. The van der Waals surface area contributed by atoms with E-state index in [0.29, 0.717) is 11.2 Å². The van der Waals surface area contributed by atoms with E-state index < -0.39 is 23.5 Å². The predicted molar refractivity (Wildman–Crippen MR) is 116 cm³/mol. The van der Waals surface area contributed by atoms with Crippen molar-refractivity contribution in [2.75, 3.05) is 0 Å². The van der Waals surface area contributed by atoms with Crippen LogP contribution in [-0.2, 0) is 20.9 Å². The third kappa shape index (κ3) is 4.18. The Hall–Kier alpha value is -3.75. The number of primary amides is 1. The van der Waals surface area contributed by atoms with Gasteiger partial charge in [-0.05, 0) is 56.5 Å².